The van der Waals surface area contributed by atoms with E-state index in [0.29, 0.717) is 37.3 Å². The Morgan fingerprint density at radius 3 is 2.61 bits per heavy atom. The highest BCUT2D eigenvalue weighted by molar-refractivity contribution is 5.93. The second kappa shape index (κ2) is 9.85. The first kappa shape index (κ1) is 26.4. The normalized spacial score (nSPS) is 24.9. The molecule has 7 nitrogen and oxygen atoms in total. The highest BCUT2D eigenvalue weighted by Gasteiger charge is 2.48. The van der Waals surface area contributed by atoms with Gasteiger partial charge in [-0.15, -0.1) is 0 Å². The van der Waals surface area contributed by atoms with Gasteiger partial charge in [-0.05, 0) is 59.9 Å². The van der Waals surface area contributed by atoms with Gasteiger partial charge in [0.05, 0.1) is 42.6 Å². The second-order valence-electron chi connectivity index (χ2n) is 10.4. The number of allylic oxidation sites excluding steroid dienone is 1. The molecule has 2 fully saturated rings. The van der Waals surface area contributed by atoms with Crippen molar-refractivity contribution in [3.8, 4) is 0 Å². The van der Waals surface area contributed by atoms with Gasteiger partial charge in [0, 0.05) is 24.6 Å². The molecule has 6 rings (SSSR count). The van der Waals surface area contributed by atoms with Gasteiger partial charge >= 0.3 is 18.7 Å². The number of fused-ring (bicyclic) bond motifs is 1. The van der Waals surface area contributed by atoms with Gasteiger partial charge in [-0.3, -0.25) is 19.3 Å². The van der Waals surface area contributed by atoms with Crippen LogP contribution in [0.2, 0.25) is 0 Å². The van der Waals surface area contributed by atoms with Crippen LogP contribution in [0.3, 0.4) is 0 Å². The number of halogens is 4. The summed E-state index contributed by atoms with van der Waals surface area (Å²) in [5.74, 6) is -1.16. The van der Waals surface area contributed by atoms with Crippen LogP contribution in [0.15, 0.2) is 69.7 Å². The highest BCUT2D eigenvalue weighted by Crippen LogP contribution is 2.45. The van der Waals surface area contributed by atoms with Crippen molar-refractivity contribution >= 4 is 12.2 Å². The lowest BCUT2D eigenvalue weighted by atomic mass is 9.74. The van der Waals surface area contributed by atoms with Gasteiger partial charge in [0.2, 0.25) is 5.91 Å². The number of amides is 1. The van der Waals surface area contributed by atoms with Crippen LogP contribution in [0, 0.1) is 6.17 Å². The molecule has 1 aromatic rings. The summed E-state index contributed by atoms with van der Waals surface area (Å²) < 4.78 is 49.7. The average Bonchev–Trinajstić information content (AvgIpc) is 3.57. The summed E-state index contributed by atoms with van der Waals surface area (Å²) in [6.45, 7) is 3.12. The van der Waals surface area contributed by atoms with E-state index in [-0.39, 0.29) is 21.7 Å². The molecule has 201 valence electrons. The van der Waals surface area contributed by atoms with Crippen molar-refractivity contribution in [3.63, 3.8) is 0 Å². The summed E-state index contributed by atoms with van der Waals surface area (Å²) in [5, 5.41) is 8.17. The van der Waals surface area contributed by atoms with Crippen molar-refractivity contribution in [3.05, 3.63) is 76.8 Å². The summed E-state index contributed by atoms with van der Waals surface area (Å²) in [5.41, 5.74) is 0.986. The first-order chi connectivity index (χ1) is 17.7. The molecule has 1 radical (unpaired) electrons. The Hall–Kier alpha value is -3.18. The molecule has 0 spiro atoms. The van der Waals surface area contributed by atoms with Crippen LogP contribution in [0.1, 0.15) is 36.3 Å². The maximum atomic E-state index is 14.1. The minimum atomic E-state index is -4.56. The smallest absolute Gasteiger partial charge is 0.379 e. The Balaban J connectivity index is 0.00000294. The predicted octanol–water partition coefficient (Wildman–Crippen LogP) is 4.41. The number of carbonyl (C=O) groups excluding carboxylic acids is 1. The minimum Gasteiger partial charge on any atom is -0.379 e. The van der Waals surface area contributed by atoms with Gasteiger partial charge in [0.25, 0.3) is 0 Å². The van der Waals surface area contributed by atoms with E-state index < -0.39 is 17.7 Å². The molecular formula is C27H29F4N5O2+. The van der Waals surface area contributed by atoms with E-state index >= 15 is 0 Å². The maximum Gasteiger partial charge on any atom is 0.418 e. The molecule has 0 bridgehead atoms. The minimum absolute atomic E-state index is 0. The molecule has 1 aromatic carbocycles. The SMILES string of the molecule is C[N+]1=CN=N[C]1CC1(c2cccc(C3C=C4C(C(F)(F)F)=CC(CN5CCCC5)=CN4C3=O)c2)COC1.F. The summed E-state index contributed by atoms with van der Waals surface area (Å²) in [6.07, 6.45) is 4.84. The summed E-state index contributed by atoms with van der Waals surface area (Å²) in [4.78, 5) is 16.8. The first-order valence-electron chi connectivity index (χ1n) is 12.5. The van der Waals surface area contributed by atoms with Crippen LogP contribution < -0.4 is 0 Å². The van der Waals surface area contributed by atoms with Crippen molar-refractivity contribution in [2.75, 3.05) is 39.9 Å². The molecule has 1 amide bonds. The second-order valence-corrected chi connectivity index (χ2v) is 10.4. The number of ether oxygens (including phenoxy) is 1. The lowest BCUT2D eigenvalue weighted by molar-refractivity contribution is -0.478. The van der Waals surface area contributed by atoms with Gasteiger partial charge in [-0.25, -0.2) is 4.58 Å². The van der Waals surface area contributed by atoms with Crippen LogP contribution in [0.5, 0.6) is 0 Å². The van der Waals surface area contributed by atoms with Crippen LogP contribution >= 0.6 is 0 Å². The molecule has 0 aromatic heterocycles. The third-order valence-corrected chi connectivity index (χ3v) is 7.81. The third-order valence-electron chi connectivity index (χ3n) is 7.81. The number of hydrogen-bond acceptors (Lipinski definition) is 5. The average molecular weight is 532 g/mol. The van der Waals surface area contributed by atoms with E-state index in [1.54, 1.807) is 12.5 Å². The van der Waals surface area contributed by atoms with E-state index in [4.69, 9.17) is 4.74 Å². The van der Waals surface area contributed by atoms with Gasteiger partial charge in [0.1, 0.15) is 0 Å². The number of carbonyl (C=O) groups is 1. The van der Waals surface area contributed by atoms with Gasteiger partial charge in [0.15, 0.2) is 0 Å². The largest absolute Gasteiger partial charge is 0.418 e. The number of benzene rings is 1. The van der Waals surface area contributed by atoms with Crippen molar-refractivity contribution in [1.29, 1.82) is 0 Å². The fraction of sp³-hybridized carbons (Fsp3) is 0.444. The van der Waals surface area contributed by atoms with Crippen molar-refractivity contribution in [2.24, 2.45) is 10.2 Å². The van der Waals surface area contributed by atoms with E-state index in [0.717, 1.165) is 37.7 Å². The molecule has 5 aliphatic rings. The Morgan fingerprint density at radius 1 is 1.21 bits per heavy atom. The first-order valence-corrected chi connectivity index (χ1v) is 12.5. The molecule has 2 saturated heterocycles. The zero-order chi connectivity index (χ0) is 25.8. The van der Waals surface area contributed by atoms with Crippen LogP contribution in [-0.2, 0) is 14.9 Å². The Morgan fingerprint density at radius 2 is 1.97 bits per heavy atom. The number of nitrogens with zero attached hydrogens (tertiary/aromatic N) is 5. The molecule has 0 saturated carbocycles. The fourth-order valence-corrected chi connectivity index (χ4v) is 5.70. The molecule has 1 unspecified atom stereocenters. The van der Waals surface area contributed by atoms with E-state index in [9.17, 15) is 18.0 Å². The molecule has 0 N–H and O–H groups in total. The Labute approximate surface area is 218 Å². The van der Waals surface area contributed by atoms with E-state index in [1.165, 1.54) is 17.1 Å². The van der Waals surface area contributed by atoms with E-state index in [1.807, 2.05) is 35.9 Å². The Bertz CT molecular complexity index is 1270. The quantitative estimate of drug-likeness (QED) is 0.404. The lowest BCUT2D eigenvalue weighted by Gasteiger charge is -2.42. The molecule has 5 heterocycles. The fourth-order valence-electron chi connectivity index (χ4n) is 5.70. The molecule has 0 aliphatic carbocycles. The standard InChI is InChI=1S/C27H28F3N5O2.FH/c1-33-17-31-32-24(33)12-26(15-37-16-26)20-6-4-5-19(10-20)21-11-23-22(27(28,29)30)9-18(14-35(23)25(21)36)13-34-7-2-3-8-34;/h4-6,9-11,14,17,21H,2-3,7-8,12-13,15-16H2,1H3;1H/q+1;. The van der Waals surface area contributed by atoms with Crippen molar-refractivity contribution < 1.29 is 32.0 Å². The van der Waals surface area contributed by atoms with Gasteiger partial charge in [-0.1, -0.05) is 24.3 Å². The molecular weight excluding hydrogens is 502 g/mol. The number of hydrogen-bond donors (Lipinski definition) is 0. The van der Waals surface area contributed by atoms with E-state index in [2.05, 4.69) is 15.1 Å². The summed E-state index contributed by atoms with van der Waals surface area (Å²) >= 11 is 0. The third kappa shape index (κ3) is 4.62. The number of alkyl halides is 3. The lowest BCUT2D eigenvalue weighted by Crippen LogP contribution is -2.48. The zero-order valence-corrected chi connectivity index (χ0v) is 20.9. The Kier molecular flexibility index (Phi) is 6.85. The zero-order valence-electron chi connectivity index (χ0n) is 20.9. The van der Waals surface area contributed by atoms with Crippen molar-refractivity contribution in [2.45, 2.75) is 36.8 Å². The van der Waals surface area contributed by atoms with Crippen LogP contribution in [-0.4, -0.2) is 72.7 Å². The maximum absolute atomic E-state index is 14.1. The van der Waals surface area contributed by atoms with Crippen molar-refractivity contribution in [1.82, 2.24) is 9.80 Å². The topological polar surface area (TPSA) is 60.5 Å². The summed E-state index contributed by atoms with van der Waals surface area (Å²) in [6, 6.07) is 7.59. The van der Waals surface area contributed by atoms with Gasteiger partial charge < -0.3 is 4.74 Å². The number of likely N-dealkylation sites (tertiary alicyclic amines) is 1. The molecule has 11 heteroatoms. The number of azo groups is 1. The molecule has 1 atom stereocenters. The summed E-state index contributed by atoms with van der Waals surface area (Å²) in [7, 11) is 1.88. The monoisotopic (exact) mass is 531 g/mol. The predicted molar refractivity (Wildman–Crippen MR) is 132 cm³/mol. The highest BCUT2D eigenvalue weighted by atomic mass is 19.4. The molecule has 38 heavy (non-hydrogen) atoms. The van der Waals surface area contributed by atoms with Crippen LogP contribution in [0.4, 0.5) is 17.9 Å². The van der Waals surface area contributed by atoms with Crippen LogP contribution in [0.25, 0.3) is 0 Å². The number of rotatable bonds is 6. The van der Waals surface area contributed by atoms with Gasteiger partial charge in [-0.2, -0.15) is 13.2 Å². The molecule has 5 aliphatic heterocycles.